The maximum Gasteiger partial charge on any atom is 0.249 e. The fourth-order valence-electron chi connectivity index (χ4n) is 0.804. The zero-order chi connectivity index (χ0) is 10.6. The summed E-state index contributed by atoms with van der Waals surface area (Å²) in [5, 5.41) is 11.4. The first kappa shape index (κ1) is 10.9. The van der Waals surface area contributed by atoms with E-state index in [1.54, 1.807) is 13.0 Å². The molecule has 1 heterocycles. The second-order valence-electron chi connectivity index (χ2n) is 2.45. The molecular weight excluding hydrogens is 224 g/mol. The van der Waals surface area contributed by atoms with Crippen LogP contribution in [0.15, 0.2) is 6.20 Å². The highest BCUT2D eigenvalue weighted by molar-refractivity contribution is 7.93. The summed E-state index contributed by atoms with van der Waals surface area (Å²) < 4.78 is 28.7. The lowest BCUT2D eigenvalue weighted by Gasteiger charge is -2.07. The summed E-state index contributed by atoms with van der Waals surface area (Å²) in [6, 6.07) is 1.72. The third-order valence-corrected chi connectivity index (χ3v) is 3.90. The van der Waals surface area contributed by atoms with Gasteiger partial charge in [-0.15, -0.1) is 5.10 Å². The second-order valence-corrected chi connectivity index (χ2v) is 5.10. The van der Waals surface area contributed by atoms with Crippen molar-refractivity contribution in [2.75, 3.05) is 4.72 Å². The lowest BCUT2D eigenvalue weighted by molar-refractivity contribution is 0.593. The number of rotatable bonds is 4. The van der Waals surface area contributed by atoms with Gasteiger partial charge in [0.2, 0.25) is 10.0 Å². The topological polar surface area (TPSA) is 95.7 Å². The standard InChI is InChI=1S/C6H8N4O2S2/c1-2-5(3-7)14(11,12)9-6-4-8-10-13-6/h4-5,9H,2H2,1H3. The van der Waals surface area contributed by atoms with E-state index >= 15 is 0 Å². The third-order valence-electron chi connectivity index (χ3n) is 1.49. The number of hydrogen-bond acceptors (Lipinski definition) is 6. The number of nitrogens with one attached hydrogen (secondary N) is 1. The number of anilines is 1. The van der Waals surface area contributed by atoms with Crippen molar-refractivity contribution in [1.82, 2.24) is 9.59 Å². The van der Waals surface area contributed by atoms with Crippen molar-refractivity contribution in [3.05, 3.63) is 6.20 Å². The van der Waals surface area contributed by atoms with Crippen LogP contribution in [-0.2, 0) is 10.0 Å². The molecule has 0 spiro atoms. The summed E-state index contributed by atoms with van der Waals surface area (Å²) in [5.41, 5.74) is 0. The molecule has 0 aliphatic rings. The Bertz CT molecular complexity index is 419. The Hall–Kier alpha value is -1.20. The molecule has 0 fully saturated rings. The molecule has 1 rings (SSSR count). The van der Waals surface area contributed by atoms with Gasteiger partial charge in [-0.2, -0.15) is 5.26 Å². The van der Waals surface area contributed by atoms with Gasteiger partial charge in [0.15, 0.2) is 5.25 Å². The van der Waals surface area contributed by atoms with Gasteiger partial charge in [0, 0.05) is 11.5 Å². The first-order chi connectivity index (χ1) is 6.60. The van der Waals surface area contributed by atoms with Crippen LogP contribution in [0.25, 0.3) is 0 Å². The van der Waals surface area contributed by atoms with Crippen LogP contribution in [0, 0.1) is 11.3 Å². The van der Waals surface area contributed by atoms with E-state index in [-0.39, 0.29) is 6.42 Å². The third kappa shape index (κ3) is 2.40. The van der Waals surface area contributed by atoms with Gasteiger partial charge in [0.25, 0.3) is 0 Å². The minimum Gasteiger partial charge on any atom is -0.271 e. The molecule has 6 nitrogen and oxygen atoms in total. The number of aromatic nitrogens is 2. The average Bonchev–Trinajstić information content (AvgIpc) is 2.57. The van der Waals surface area contributed by atoms with Crippen LogP contribution in [-0.4, -0.2) is 23.3 Å². The van der Waals surface area contributed by atoms with Gasteiger partial charge in [-0.05, 0) is 6.42 Å². The molecule has 0 amide bonds. The molecule has 1 aromatic heterocycles. The van der Waals surface area contributed by atoms with Crippen molar-refractivity contribution in [3.63, 3.8) is 0 Å². The number of nitriles is 1. The van der Waals surface area contributed by atoms with E-state index in [4.69, 9.17) is 5.26 Å². The van der Waals surface area contributed by atoms with Gasteiger partial charge >= 0.3 is 0 Å². The minimum absolute atomic E-state index is 0.248. The van der Waals surface area contributed by atoms with Crippen LogP contribution < -0.4 is 4.72 Å². The zero-order valence-corrected chi connectivity index (χ0v) is 8.97. The van der Waals surface area contributed by atoms with Crippen LogP contribution in [0.4, 0.5) is 5.00 Å². The van der Waals surface area contributed by atoms with Crippen LogP contribution in [0.1, 0.15) is 13.3 Å². The average molecular weight is 232 g/mol. The highest BCUT2D eigenvalue weighted by Crippen LogP contribution is 2.15. The smallest absolute Gasteiger partial charge is 0.249 e. The van der Waals surface area contributed by atoms with Gasteiger partial charge < -0.3 is 0 Å². The van der Waals surface area contributed by atoms with Crippen molar-refractivity contribution in [3.8, 4) is 6.07 Å². The van der Waals surface area contributed by atoms with E-state index in [0.29, 0.717) is 5.00 Å². The summed E-state index contributed by atoms with van der Waals surface area (Å²) in [7, 11) is -3.63. The molecule has 1 atom stereocenters. The lowest BCUT2D eigenvalue weighted by atomic mass is 10.4. The fourth-order valence-corrected chi connectivity index (χ4v) is 2.63. The molecule has 0 aromatic carbocycles. The molecule has 0 saturated heterocycles. The summed E-state index contributed by atoms with van der Waals surface area (Å²) in [5.74, 6) is 0. The molecule has 0 aliphatic carbocycles. The first-order valence-corrected chi connectivity index (χ1v) is 6.10. The molecule has 1 aromatic rings. The Balaban J connectivity index is 2.83. The Morgan fingerprint density at radius 3 is 2.93 bits per heavy atom. The van der Waals surface area contributed by atoms with E-state index in [9.17, 15) is 8.42 Å². The van der Waals surface area contributed by atoms with E-state index < -0.39 is 15.3 Å². The number of hydrogen-bond donors (Lipinski definition) is 1. The predicted molar refractivity (Wildman–Crippen MR) is 52.1 cm³/mol. The number of sulfonamides is 1. The quantitative estimate of drug-likeness (QED) is 0.819. The molecule has 14 heavy (non-hydrogen) atoms. The van der Waals surface area contributed by atoms with Gasteiger partial charge in [0.05, 0.1) is 12.3 Å². The van der Waals surface area contributed by atoms with Crippen molar-refractivity contribution in [2.45, 2.75) is 18.6 Å². The molecule has 1 N–H and O–H groups in total. The minimum atomic E-state index is -3.63. The SMILES string of the molecule is CCC(C#N)S(=O)(=O)Nc1cnns1. The van der Waals surface area contributed by atoms with E-state index in [1.165, 1.54) is 6.20 Å². The largest absolute Gasteiger partial charge is 0.271 e. The molecule has 0 aliphatic heterocycles. The normalized spacial score (nSPS) is 13.1. The van der Waals surface area contributed by atoms with Crippen molar-refractivity contribution < 1.29 is 8.42 Å². The highest BCUT2D eigenvalue weighted by atomic mass is 32.2. The van der Waals surface area contributed by atoms with Crippen LogP contribution in [0.5, 0.6) is 0 Å². The Morgan fingerprint density at radius 1 is 1.79 bits per heavy atom. The Kier molecular flexibility index (Phi) is 3.38. The highest BCUT2D eigenvalue weighted by Gasteiger charge is 2.23. The summed E-state index contributed by atoms with van der Waals surface area (Å²) in [6.45, 7) is 1.64. The van der Waals surface area contributed by atoms with Crippen molar-refractivity contribution >= 4 is 26.6 Å². The van der Waals surface area contributed by atoms with Crippen molar-refractivity contribution in [1.29, 1.82) is 5.26 Å². The number of nitrogens with zero attached hydrogens (tertiary/aromatic N) is 3. The summed E-state index contributed by atoms with van der Waals surface area (Å²) >= 11 is 0.927. The van der Waals surface area contributed by atoms with E-state index in [1.807, 2.05) is 0 Å². The first-order valence-electron chi connectivity index (χ1n) is 3.78. The fraction of sp³-hybridized carbons (Fsp3) is 0.500. The van der Waals surface area contributed by atoms with Gasteiger partial charge in [0.1, 0.15) is 5.00 Å². The van der Waals surface area contributed by atoms with E-state index in [2.05, 4.69) is 14.3 Å². The van der Waals surface area contributed by atoms with Gasteiger partial charge in [-0.1, -0.05) is 11.4 Å². The van der Waals surface area contributed by atoms with E-state index in [0.717, 1.165) is 11.5 Å². The molecule has 8 heteroatoms. The molecule has 0 radical (unpaired) electrons. The molecule has 76 valence electrons. The van der Waals surface area contributed by atoms with Crippen LogP contribution >= 0.6 is 11.5 Å². The van der Waals surface area contributed by atoms with Gasteiger partial charge in [-0.3, -0.25) is 4.72 Å². The zero-order valence-electron chi connectivity index (χ0n) is 7.34. The molecular formula is C6H8N4O2S2. The Morgan fingerprint density at radius 2 is 2.50 bits per heavy atom. The summed E-state index contributed by atoms with van der Waals surface area (Å²) in [6.07, 6.45) is 1.55. The molecule has 0 saturated carbocycles. The van der Waals surface area contributed by atoms with Crippen LogP contribution in [0.3, 0.4) is 0 Å². The lowest BCUT2D eigenvalue weighted by Crippen LogP contribution is -2.25. The second kappa shape index (κ2) is 4.34. The van der Waals surface area contributed by atoms with Crippen LogP contribution in [0.2, 0.25) is 0 Å². The maximum absolute atomic E-state index is 11.5. The monoisotopic (exact) mass is 232 g/mol. The van der Waals surface area contributed by atoms with Crippen molar-refractivity contribution in [2.24, 2.45) is 0 Å². The maximum atomic E-state index is 11.5. The van der Waals surface area contributed by atoms with Gasteiger partial charge in [-0.25, -0.2) is 8.42 Å². The predicted octanol–water partition coefficient (Wildman–Crippen LogP) is 0.582. The Labute approximate surface area is 85.8 Å². The molecule has 0 bridgehead atoms. The summed E-state index contributed by atoms with van der Waals surface area (Å²) in [4.78, 5) is 0. The molecule has 1 unspecified atom stereocenters.